The Balaban J connectivity index is 1.28. The zero-order valence-corrected chi connectivity index (χ0v) is 29.9. The SMILES string of the molecule is CCCCCCCCCCCCCCCNCc1ccc(Cn2c(CCCC)nc3c(NC(C)(C)C)nc4ccccc4c32)cc1. The van der Waals surface area contributed by atoms with Gasteiger partial charge >= 0.3 is 0 Å². The van der Waals surface area contributed by atoms with Crippen molar-refractivity contribution in [3.05, 3.63) is 65.5 Å². The molecular formula is C41H63N5. The maximum Gasteiger partial charge on any atom is 0.155 e. The van der Waals surface area contributed by atoms with Crippen molar-refractivity contribution in [1.29, 1.82) is 0 Å². The fraction of sp³-hybridized carbons (Fsp3) is 0.610. The van der Waals surface area contributed by atoms with Gasteiger partial charge in [0.05, 0.1) is 11.0 Å². The van der Waals surface area contributed by atoms with Crippen LogP contribution >= 0.6 is 0 Å². The molecule has 4 rings (SSSR count). The number of hydrogen-bond donors (Lipinski definition) is 2. The molecule has 0 spiro atoms. The lowest BCUT2D eigenvalue weighted by Gasteiger charge is -2.22. The molecule has 5 nitrogen and oxygen atoms in total. The van der Waals surface area contributed by atoms with Crippen LogP contribution < -0.4 is 10.6 Å². The third-order valence-electron chi connectivity index (χ3n) is 9.06. The molecule has 0 unspecified atom stereocenters. The van der Waals surface area contributed by atoms with Crippen molar-refractivity contribution < 1.29 is 0 Å². The maximum atomic E-state index is 5.23. The number of para-hydroxylation sites is 1. The highest BCUT2D eigenvalue weighted by molar-refractivity contribution is 6.07. The van der Waals surface area contributed by atoms with Gasteiger partial charge in [-0.05, 0) is 57.4 Å². The second-order valence-corrected chi connectivity index (χ2v) is 14.5. The standard InChI is InChI=1S/C41H63N5/c1-6-8-10-11-12-13-14-15-16-17-18-19-22-30-42-31-33-26-28-34(29-27-33)32-46-37(25-9-7-2)44-38-39(46)35-23-20-21-24-36(35)43-40(38)45-41(3,4)5/h20-21,23-24,26-29,42H,6-19,22,25,30-32H2,1-5H3,(H,43,45). The fourth-order valence-electron chi connectivity index (χ4n) is 6.47. The van der Waals surface area contributed by atoms with Crippen molar-refractivity contribution >= 4 is 27.8 Å². The highest BCUT2D eigenvalue weighted by Gasteiger charge is 2.21. The molecule has 0 radical (unpaired) electrons. The van der Waals surface area contributed by atoms with Crippen LogP contribution in [0.2, 0.25) is 0 Å². The molecule has 252 valence electrons. The number of nitrogens with one attached hydrogen (secondary N) is 2. The molecule has 0 saturated heterocycles. The van der Waals surface area contributed by atoms with Crippen molar-refractivity contribution in [2.45, 2.75) is 156 Å². The Bertz CT molecular complexity index is 1430. The normalized spacial score (nSPS) is 12.0. The first-order valence-corrected chi connectivity index (χ1v) is 18.7. The highest BCUT2D eigenvalue weighted by Crippen LogP contribution is 2.32. The van der Waals surface area contributed by atoms with Crippen LogP contribution in [0.3, 0.4) is 0 Å². The first-order valence-electron chi connectivity index (χ1n) is 18.7. The predicted octanol–water partition coefficient (Wildman–Crippen LogP) is 11.4. The van der Waals surface area contributed by atoms with Crippen LogP contribution in [0.4, 0.5) is 5.82 Å². The number of nitrogens with zero attached hydrogens (tertiary/aromatic N) is 3. The molecule has 4 aromatic rings. The summed E-state index contributed by atoms with van der Waals surface area (Å²) >= 11 is 0. The first-order chi connectivity index (χ1) is 22.4. The van der Waals surface area contributed by atoms with Gasteiger partial charge in [0, 0.05) is 30.4 Å². The van der Waals surface area contributed by atoms with E-state index in [1.165, 1.54) is 106 Å². The average molecular weight is 626 g/mol. The topological polar surface area (TPSA) is 54.8 Å². The third-order valence-corrected chi connectivity index (χ3v) is 9.06. The number of aryl methyl sites for hydroxylation is 1. The number of benzene rings is 2. The number of rotatable bonds is 22. The zero-order chi connectivity index (χ0) is 32.6. The number of pyridine rings is 1. The molecule has 0 fully saturated rings. The first kappa shape index (κ1) is 35.9. The van der Waals surface area contributed by atoms with Crippen molar-refractivity contribution in [2.75, 3.05) is 11.9 Å². The van der Waals surface area contributed by atoms with Gasteiger partial charge in [-0.1, -0.05) is 140 Å². The number of unbranched alkanes of at least 4 members (excludes halogenated alkanes) is 13. The molecule has 0 aliphatic heterocycles. The fourth-order valence-corrected chi connectivity index (χ4v) is 6.47. The zero-order valence-electron chi connectivity index (χ0n) is 29.9. The van der Waals surface area contributed by atoms with E-state index in [1.807, 2.05) is 0 Å². The predicted molar refractivity (Wildman–Crippen MR) is 200 cm³/mol. The lowest BCUT2D eigenvalue weighted by molar-refractivity contribution is 0.532. The van der Waals surface area contributed by atoms with Gasteiger partial charge in [0.25, 0.3) is 0 Å². The van der Waals surface area contributed by atoms with Gasteiger partial charge in [-0.3, -0.25) is 0 Å². The molecule has 2 heterocycles. The Kier molecular flexibility index (Phi) is 14.9. The summed E-state index contributed by atoms with van der Waals surface area (Å²) in [4.78, 5) is 10.3. The van der Waals surface area contributed by atoms with Crippen LogP contribution in [0.15, 0.2) is 48.5 Å². The maximum absolute atomic E-state index is 5.23. The number of hydrogen-bond acceptors (Lipinski definition) is 4. The molecule has 0 aliphatic carbocycles. The second kappa shape index (κ2) is 19.0. The van der Waals surface area contributed by atoms with E-state index in [0.29, 0.717) is 0 Å². The molecule has 2 N–H and O–H groups in total. The van der Waals surface area contributed by atoms with Crippen LogP contribution in [0.5, 0.6) is 0 Å². The Morgan fingerprint density at radius 3 is 1.87 bits per heavy atom. The van der Waals surface area contributed by atoms with Gasteiger partial charge in [-0.15, -0.1) is 0 Å². The summed E-state index contributed by atoms with van der Waals surface area (Å²) in [6, 6.07) is 17.7. The van der Waals surface area contributed by atoms with Gasteiger partial charge in [-0.2, -0.15) is 0 Å². The highest BCUT2D eigenvalue weighted by atomic mass is 15.1. The van der Waals surface area contributed by atoms with E-state index in [4.69, 9.17) is 9.97 Å². The summed E-state index contributed by atoms with van der Waals surface area (Å²) in [6.45, 7) is 13.9. The molecule has 2 aromatic heterocycles. The molecule has 5 heteroatoms. The van der Waals surface area contributed by atoms with Crippen LogP contribution in [-0.2, 0) is 19.5 Å². The van der Waals surface area contributed by atoms with E-state index in [2.05, 4.69) is 98.4 Å². The van der Waals surface area contributed by atoms with E-state index in [0.717, 1.165) is 61.6 Å². The average Bonchev–Trinajstić information content (AvgIpc) is 3.40. The van der Waals surface area contributed by atoms with Crippen molar-refractivity contribution in [3.63, 3.8) is 0 Å². The minimum absolute atomic E-state index is 0.105. The molecular weight excluding hydrogens is 562 g/mol. The van der Waals surface area contributed by atoms with E-state index in [-0.39, 0.29) is 5.54 Å². The Morgan fingerprint density at radius 1 is 0.652 bits per heavy atom. The van der Waals surface area contributed by atoms with E-state index in [1.54, 1.807) is 0 Å². The summed E-state index contributed by atoms with van der Waals surface area (Å²) in [7, 11) is 0. The number of anilines is 1. The van der Waals surface area contributed by atoms with Crippen molar-refractivity contribution in [1.82, 2.24) is 19.9 Å². The molecule has 0 atom stereocenters. The molecule has 2 aromatic carbocycles. The van der Waals surface area contributed by atoms with Crippen LogP contribution in [-0.4, -0.2) is 26.6 Å². The van der Waals surface area contributed by atoms with Gasteiger partial charge < -0.3 is 15.2 Å². The van der Waals surface area contributed by atoms with E-state index in [9.17, 15) is 0 Å². The number of aromatic nitrogens is 3. The van der Waals surface area contributed by atoms with E-state index >= 15 is 0 Å². The monoisotopic (exact) mass is 626 g/mol. The summed E-state index contributed by atoms with van der Waals surface area (Å²) in [5.41, 5.74) is 5.73. The second-order valence-electron chi connectivity index (χ2n) is 14.5. The summed E-state index contributed by atoms with van der Waals surface area (Å²) in [5, 5.41) is 8.49. The van der Waals surface area contributed by atoms with Crippen LogP contribution in [0.1, 0.15) is 148 Å². The lowest BCUT2D eigenvalue weighted by atomic mass is 10.0. The quantitative estimate of drug-likeness (QED) is 0.0853. The van der Waals surface area contributed by atoms with Gasteiger partial charge in [-0.25, -0.2) is 9.97 Å². The number of fused-ring (bicyclic) bond motifs is 3. The summed E-state index contributed by atoms with van der Waals surface area (Å²) in [6.07, 6.45) is 21.5. The van der Waals surface area contributed by atoms with Gasteiger partial charge in [0.2, 0.25) is 0 Å². The molecule has 0 amide bonds. The van der Waals surface area contributed by atoms with Gasteiger partial charge in [0.15, 0.2) is 5.82 Å². The van der Waals surface area contributed by atoms with E-state index < -0.39 is 0 Å². The summed E-state index contributed by atoms with van der Waals surface area (Å²) in [5.74, 6) is 2.03. The van der Waals surface area contributed by atoms with Crippen LogP contribution in [0, 0.1) is 0 Å². The lowest BCUT2D eigenvalue weighted by Crippen LogP contribution is -2.26. The largest absolute Gasteiger partial charge is 0.364 e. The molecule has 0 bridgehead atoms. The Hall–Kier alpha value is -2.92. The minimum Gasteiger partial charge on any atom is -0.364 e. The molecule has 46 heavy (non-hydrogen) atoms. The molecule has 0 aliphatic rings. The number of imidazole rings is 1. The van der Waals surface area contributed by atoms with Crippen LogP contribution in [0.25, 0.3) is 21.9 Å². The molecule has 0 saturated carbocycles. The van der Waals surface area contributed by atoms with Crippen molar-refractivity contribution in [2.24, 2.45) is 0 Å². The Morgan fingerprint density at radius 2 is 1.24 bits per heavy atom. The third kappa shape index (κ3) is 11.4. The Labute approximate surface area is 280 Å². The summed E-state index contributed by atoms with van der Waals surface area (Å²) < 4.78 is 2.45. The smallest absolute Gasteiger partial charge is 0.155 e. The minimum atomic E-state index is -0.105. The van der Waals surface area contributed by atoms with Gasteiger partial charge in [0.1, 0.15) is 11.3 Å². The van der Waals surface area contributed by atoms with Crippen molar-refractivity contribution in [3.8, 4) is 0 Å².